The molecule has 1 aliphatic heterocycles. The molecule has 1 aromatic carbocycles. The second kappa shape index (κ2) is 8.74. The number of nitrogens with zero attached hydrogens (tertiary/aromatic N) is 2. The summed E-state index contributed by atoms with van der Waals surface area (Å²) in [5.41, 5.74) is 0.855. The molecule has 1 saturated heterocycles. The quantitative estimate of drug-likeness (QED) is 0.545. The van der Waals surface area contributed by atoms with Crippen molar-refractivity contribution in [1.29, 1.82) is 5.26 Å². The highest BCUT2D eigenvalue weighted by Gasteiger charge is 2.21. The van der Waals surface area contributed by atoms with Crippen LogP contribution in [-0.4, -0.2) is 37.1 Å². The molecular weight excluding hydrogens is 372 g/mol. The number of hydrogen-bond acceptors (Lipinski definition) is 4. The average molecular weight is 393 g/mol. The molecule has 0 unspecified atom stereocenters. The Kier molecular flexibility index (Phi) is 6.68. The third-order valence-corrected chi connectivity index (χ3v) is 4.26. The largest absolute Gasteiger partial charge is 0.490 e. The maximum Gasteiger partial charge on any atom is 0.264 e. The maximum atomic E-state index is 12.4. The highest BCUT2D eigenvalue weighted by atomic mass is 79.9. The molecule has 0 atom stereocenters. The summed E-state index contributed by atoms with van der Waals surface area (Å²) in [5.74, 6) is 1.00. The number of carbonyl (C=O) groups is 1. The number of carbonyl (C=O) groups excluding carboxylic acids is 1. The lowest BCUT2D eigenvalue weighted by Crippen LogP contribution is -2.28. The SMILES string of the molecule is CCOc1cc(/C=C(\C#N)C(=O)N2CCCC2)cc(Br)c1OCC. The summed E-state index contributed by atoms with van der Waals surface area (Å²) >= 11 is 3.47. The van der Waals surface area contributed by atoms with E-state index in [1.54, 1.807) is 17.0 Å². The number of halogens is 1. The molecule has 128 valence electrons. The molecule has 0 N–H and O–H groups in total. The predicted octanol–water partition coefficient (Wildman–Crippen LogP) is 3.78. The zero-order valence-electron chi connectivity index (χ0n) is 14.0. The van der Waals surface area contributed by atoms with Gasteiger partial charge in [0.1, 0.15) is 11.6 Å². The zero-order valence-corrected chi connectivity index (χ0v) is 15.6. The van der Waals surface area contributed by atoms with Gasteiger partial charge < -0.3 is 14.4 Å². The van der Waals surface area contributed by atoms with Crippen molar-refractivity contribution >= 4 is 27.9 Å². The number of ether oxygens (including phenoxy) is 2. The predicted molar refractivity (Wildman–Crippen MR) is 95.9 cm³/mol. The second-order valence-electron chi connectivity index (χ2n) is 5.37. The Morgan fingerprint density at radius 2 is 1.96 bits per heavy atom. The molecule has 1 amide bonds. The van der Waals surface area contributed by atoms with Crippen molar-refractivity contribution in [1.82, 2.24) is 4.90 Å². The summed E-state index contributed by atoms with van der Waals surface area (Å²) in [6, 6.07) is 5.63. The van der Waals surface area contributed by atoms with E-state index in [1.807, 2.05) is 26.0 Å². The molecule has 0 saturated carbocycles. The minimum absolute atomic E-state index is 0.135. The van der Waals surface area contributed by atoms with Crippen molar-refractivity contribution in [3.63, 3.8) is 0 Å². The van der Waals surface area contributed by atoms with Crippen molar-refractivity contribution in [2.24, 2.45) is 0 Å². The number of amides is 1. The van der Waals surface area contributed by atoms with Crippen molar-refractivity contribution in [3.8, 4) is 17.6 Å². The molecule has 0 radical (unpaired) electrons. The fourth-order valence-corrected chi connectivity index (χ4v) is 3.19. The number of nitriles is 1. The molecule has 0 aliphatic carbocycles. The van der Waals surface area contributed by atoms with E-state index in [9.17, 15) is 10.1 Å². The number of likely N-dealkylation sites (tertiary alicyclic amines) is 1. The molecular formula is C18H21BrN2O3. The maximum absolute atomic E-state index is 12.4. The number of benzene rings is 1. The summed E-state index contributed by atoms with van der Waals surface area (Å²) in [6.45, 7) is 6.24. The summed E-state index contributed by atoms with van der Waals surface area (Å²) in [7, 11) is 0. The topological polar surface area (TPSA) is 62.6 Å². The van der Waals surface area contributed by atoms with Crippen molar-refractivity contribution < 1.29 is 14.3 Å². The molecule has 24 heavy (non-hydrogen) atoms. The Labute approximate surface area is 151 Å². The summed E-state index contributed by atoms with van der Waals surface area (Å²) in [5, 5.41) is 9.37. The zero-order chi connectivity index (χ0) is 17.5. The Balaban J connectivity index is 2.35. The molecule has 1 aromatic rings. The van der Waals surface area contributed by atoms with Crippen LogP contribution in [-0.2, 0) is 4.79 Å². The van der Waals surface area contributed by atoms with E-state index in [2.05, 4.69) is 15.9 Å². The van der Waals surface area contributed by atoms with Gasteiger partial charge in [-0.3, -0.25) is 4.79 Å². The monoisotopic (exact) mass is 392 g/mol. The van der Waals surface area contributed by atoms with Crippen LogP contribution in [0.1, 0.15) is 32.3 Å². The van der Waals surface area contributed by atoms with E-state index in [0.29, 0.717) is 24.7 Å². The smallest absolute Gasteiger partial charge is 0.264 e. The van der Waals surface area contributed by atoms with Gasteiger partial charge in [-0.1, -0.05) is 0 Å². The van der Waals surface area contributed by atoms with Crippen molar-refractivity contribution in [2.45, 2.75) is 26.7 Å². The fraction of sp³-hybridized carbons (Fsp3) is 0.444. The van der Waals surface area contributed by atoms with Gasteiger partial charge in [-0.25, -0.2) is 0 Å². The standard InChI is InChI=1S/C18H21BrN2O3/c1-3-23-16-11-13(10-15(19)17(16)24-4-2)9-14(12-20)18(22)21-7-5-6-8-21/h9-11H,3-8H2,1-2H3/b14-9+. The van der Waals surface area contributed by atoms with E-state index in [-0.39, 0.29) is 11.5 Å². The average Bonchev–Trinajstić information content (AvgIpc) is 3.10. The van der Waals surface area contributed by atoms with Crippen LogP contribution in [0.15, 0.2) is 22.2 Å². The van der Waals surface area contributed by atoms with Crippen molar-refractivity contribution in [2.75, 3.05) is 26.3 Å². The molecule has 2 rings (SSSR count). The molecule has 0 spiro atoms. The Bertz CT molecular complexity index is 674. The van der Waals surface area contributed by atoms with Gasteiger partial charge in [0.05, 0.1) is 17.7 Å². The minimum Gasteiger partial charge on any atom is -0.490 e. The molecule has 0 aromatic heterocycles. The molecule has 1 heterocycles. The first-order valence-corrected chi connectivity index (χ1v) is 8.90. The van der Waals surface area contributed by atoms with Crippen LogP contribution in [0.25, 0.3) is 6.08 Å². The lowest BCUT2D eigenvalue weighted by Gasteiger charge is -2.15. The van der Waals surface area contributed by atoms with Gasteiger partial charge in [0.25, 0.3) is 5.91 Å². The Morgan fingerprint density at radius 3 is 2.54 bits per heavy atom. The number of hydrogen-bond donors (Lipinski definition) is 0. The van der Waals surface area contributed by atoms with Gasteiger partial charge in [0, 0.05) is 13.1 Å². The summed E-state index contributed by atoms with van der Waals surface area (Å²) in [6.07, 6.45) is 3.59. The third-order valence-electron chi connectivity index (χ3n) is 3.68. The molecule has 5 nitrogen and oxygen atoms in total. The van der Waals surface area contributed by atoms with E-state index in [0.717, 1.165) is 36.0 Å². The van der Waals surface area contributed by atoms with Crippen LogP contribution in [0.2, 0.25) is 0 Å². The van der Waals surface area contributed by atoms with Crippen LogP contribution < -0.4 is 9.47 Å². The van der Waals surface area contributed by atoms with Gasteiger partial charge in [-0.05, 0) is 66.4 Å². The number of rotatable bonds is 6. The second-order valence-corrected chi connectivity index (χ2v) is 6.22. The van der Waals surface area contributed by atoms with Gasteiger partial charge in [-0.15, -0.1) is 0 Å². The van der Waals surface area contributed by atoms with Gasteiger partial charge in [0.15, 0.2) is 11.5 Å². The highest BCUT2D eigenvalue weighted by molar-refractivity contribution is 9.10. The van der Waals surface area contributed by atoms with Gasteiger partial charge in [-0.2, -0.15) is 5.26 Å². The molecule has 1 fully saturated rings. The lowest BCUT2D eigenvalue weighted by atomic mass is 10.1. The molecule has 0 bridgehead atoms. The van der Waals surface area contributed by atoms with E-state index < -0.39 is 0 Å². The molecule has 1 aliphatic rings. The van der Waals surface area contributed by atoms with Crippen LogP contribution in [0.4, 0.5) is 0 Å². The lowest BCUT2D eigenvalue weighted by molar-refractivity contribution is -0.125. The highest BCUT2D eigenvalue weighted by Crippen LogP contribution is 2.37. The van der Waals surface area contributed by atoms with Gasteiger partial charge >= 0.3 is 0 Å². The van der Waals surface area contributed by atoms with E-state index in [4.69, 9.17) is 9.47 Å². The van der Waals surface area contributed by atoms with Crippen LogP contribution in [0, 0.1) is 11.3 Å². The first-order chi connectivity index (χ1) is 11.6. The Morgan fingerprint density at radius 1 is 1.29 bits per heavy atom. The minimum atomic E-state index is -0.210. The van der Waals surface area contributed by atoms with Crippen molar-refractivity contribution in [3.05, 3.63) is 27.7 Å². The van der Waals surface area contributed by atoms with E-state index >= 15 is 0 Å². The summed E-state index contributed by atoms with van der Waals surface area (Å²) < 4.78 is 12.0. The molecule has 6 heteroatoms. The fourth-order valence-electron chi connectivity index (χ4n) is 2.62. The van der Waals surface area contributed by atoms with Crippen LogP contribution in [0.5, 0.6) is 11.5 Å². The van der Waals surface area contributed by atoms with E-state index in [1.165, 1.54) is 0 Å². The Hall–Kier alpha value is -2.00. The third kappa shape index (κ3) is 4.30. The van der Waals surface area contributed by atoms with Crippen LogP contribution in [0.3, 0.4) is 0 Å². The van der Waals surface area contributed by atoms with Gasteiger partial charge in [0.2, 0.25) is 0 Å². The summed E-state index contributed by atoms with van der Waals surface area (Å²) in [4.78, 5) is 14.1. The first kappa shape index (κ1) is 18.3. The first-order valence-electron chi connectivity index (χ1n) is 8.10. The van der Waals surface area contributed by atoms with Crippen LogP contribution >= 0.6 is 15.9 Å². The normalized spacial score (nSPS) is 14.4.